The number of aliphatic hydroxyl groups is 1. The fraction of sp³-hybridized carbons (Fsp3) is 0.194. The highest BCUT2D eigenvalue weighted by atomic mass is 35.5. The van der Waals surface area contributed by atoms with Gasteiger partial charge in [-0.05, 0) is 62.7 Å². The summed E-state index contributed by atoms with van der Waals surface area (Å²) in [6.45, 7) is 5.63. The zero-order valence-electron chi connectivity index (χ0n) is 22.6. The van der Waals surface area contributed by atoms with Crippen molar-refractivity contribution >= 4 is 46.4 Å². The topological polar surface area (TPSA) is 94.4 Å². The van der Waals surface area contributed by atoms with E-state index in [1.807, 2.05) is 6.92 Å². The fourth-order valence-electron chi connectivity index (χ4n) is 3.84. The molecule has 41 heavy (non-hydrogen) atoms. The van der Waals surface area contributed by atoms with E-state index >= 15 is 0 Å². The van der Waals surface area contributed by atoms with Crippen LogP contribution in [0.2, 0.25) is 5.02 Å². The molecule has 0 bridgehead atoms. The van der Waals surface area contributed by atoms with Gasteiger partial charge < -0.3 is 19.3 Å². The highest BCUT2D eigenvalue weighted by Crippen LogP contribution is 2.42. The van der Waals surface area contributed by atoms with Crippen LogP contribution in [0.3, 0.4) is 0 Å². The fourth-order valence-corrected chi connectivity index (χ4v) is 5.12. The molecule has 1 aliphatic rings. The van der Waals surface area contributed by atoms with Crippen molar-refractivity contribution in [2.75, 3.05) is 13.2 Å². The Morgan fingerprint density at radius 1 is 1.05 bits per heavy atom. The molecule has 3 aromatic carbocycles. The summed E-state index contributed by atoms with van der Waals surface area (Å²) in [6, 6.07) is 16.3. The summed E-state index contributed by atoms with van der Waals surface area (Å²) in [5.74, 6) is -1.61. The molecule has 0 radical (unpaired) electrons. The number of ether oxygens (including phenoxy) is 3. The van der Waals surface area contributed by atoms with E-state index < -0.39 is 17.7 Å². The Labute approximate surface area is 246 Å². The molecule has 3 aromatic rings. The summed E-state index contributed by atoms with van der Waals surface area (Å²) in [5, 5.41) is 11.2. The van der Waals surface area contributed by atoms with Crippen molar-refractivity contribution in [2.24, 2.45) is 4.99 Å². The molecule has 7 nitrogen and oxygen atoms in total. The summed E-state index contributed by atoms with van der Waals surface area (Å²) < 4.78 is 30.7. The van der Waals surface area contributed by atoms with Gasteiger partial charge in [0.15, 0.2) is 11.5 Å². The quantitative estimate of drug-likeness (QED) is 0.256. The van der Waals surface area contributed by atoms with Crippen LogP contribution < -0.4 is 9.47 Å². The Morgan fingerprint density at radius 3 is 2.46 bits per heavy atom. The van der Waals surface area contributed by atoms with E-state index in [4.69, 9.17) is 25.8 Å². The first-order valence-corrected chi connectivity index (χ1v) is 13.9. The third-order valence-electron chi connectivity index (χ3n) is 5.83. The lowest BCUT2D eigenvalue weighted by Gasteiger charge is -2.15. The first-order valence-electron chi connectivity index (χ1n) is 12.7. The van der Waals surface area contributed by atoms with Gasteiger partial charge in [-0.25, -0.2) is 14.2 Å². The lowest BCUT2D eigenvalue weighted by molar-refractivity contribution is -0.138. The smallest absolute Gasteiger partial charge is 0.344 e. The number of esters is 1. The number of rotatable bonds is 9. The highest BCUT2D eigenvalue weighted by Gasteiger charge is 2.34. The Kier molecular flexibility index (Phi) is 9.86. The van der Waals surface area contributed by atoms with E-state index in [1.165, 1.54) is 6.07 Å². The number of aliphatic hydroxyl groups excluding tert-OH is 1. The Hall–Kier alpha value is -4.08. The Morgan fingerprint density at radius 2 is 1.78 bits per heavy atom. The third-order valence-corrected chi connectivity index (χ3v) is 7.13. The number of carbonyl (C=O) groups is 2. The SMILES string of the molecule is CCOC(=O)C1=C(O)/C(=C/c2cc(Cl)c(OCc3ccccc3F)c(OCC)c2)SC1=NC(=O)c1ccc(C)cc1. The highest BCUT2D eigenvalue weighted by molar-refractivity contribution is 8.18. The molecule has 1 aliphatic heterocycles. The zero-order valence-corrected chi connectivity index (χ0v) is 24.1. The van der Waals surface area contributed by atoms with Gasteiger partial charge in [-0.2, -0.15) is 0 Å². The largest absolute Gasteiger partial charge is 0.506 e. The molecule has 1 N–H and O–H groups in total. The summed E-state index contributed by atoms with van der Waals surface area (Å²) in [4.78, 5) is 29.9. The minimum absolute atomic E-state index is 0.0127. The zero-order chi connectivity index (χ0) is 29.5. The molecule has 0 spiro atoms. The average molecular weight is 596 g/mol. The van der Waals surface area contributed by atoms with Crippen molar-refractivity contribution in [3.05, 3.63) is 110 Å². The molecule has 0 unspecified atom stereocenters. The van der Waals surface area contributed by atoms with Gasteiger partial charge >= 0.3 is 5.97 Å². The predicted molar refractivity (Wildman–Crippen MR) is 158 cm³/mol. The summed E-state index contributed by atoms with van der Waals surface area (Å²) in [6.07, 6.45) is 1.58. The molecular formula is C31H27ClFNO6S. The van der Waals surface area contributed by atoms with Crippen LogP contribution in [0, 0.1) is 12.7 Å². The molecule has 10 heteroatoms. The third kappa shape index (κ3) is 7.17. The van der Waals surface area contributed by atoms with E-state index in [0.29, 0.717) is 29.0 Å². The normalized spacial score (nSPS) is 15.0. The molecule has 0 aliphatic carbocycles. The van der Waals surface area contributed by atoms with Crippen molar-refractivity contribution in [1.82, 2.24) is 0 Å². The van der Waals surface area contributed by atoms with Crippen molar-refractivity contribution in [1.29, 1.82) is 0 Å². The van der Waals surface area contributed by atoms with Gasteiger partial charge in [0.2, 0.25) is 0 Å². The number of aryl methyl sites for hydroxylation is 1. The number of aliphatic imine (C=N–C) groups is 1. The molecule has 4 rings (SSSR count). The second-order valence-corrected chi connectivity index (χ2v) is 10.2. The van der Waals surface area contributed by atoms with Crippen molar-refractivity contribution in [2.45, 2.75) is 27.4 Å². The average Bonchev–Trinajstić information content (AvgIpc) is 3.23. The summed E-state index contributed by atoms with van der Waals surface area (Å²) in [7, 11) is 0. The van der Waals surface area contributed by atoms with E-state index in [9.17, 15) is 19.1 Å². The van der Waals surface area contributed by atoms with Crippen LogP contribution in [0.5, 0.6) is 11.5 Å². The van der Waals surface area contributed by atoms with Crippen LogP contribution in [0.4, 0.5) is 4.39 Å². The number of thioether (sulfide) groups is 1. The van der Waals surface area contributed by atoms with Gasteiger partial charge in [-0.15, -0.1) is 0 Å². The van der Waals surface area contributed by atoms with Crippen LogP contribution >= 0.6 is 23.4 Å². The molecule has 1 amide bonds. The van der Waals surface area contributed by atoms with Crippen molar-refractivity contribution in [3.63, 3.8) is 0 Å². The summed E-state index contributed by atoms with van der Waals surface area (Å²) >= 11 is 7.49. The number of amides is 1. The van der Waals surface area contributed by atoms with Gasteiger partial charge in [0, 0.05) is 11.1 Å². The molecule has 0 saturated carbocycles. The van der Waals surface area contributed by atoms with Crippen molar-refractivity contribution < 1.29 is 33.3 Å². The monoisotopic (exact) mass is 595 g/mol. The van der Waals surface area contributed by atoms with Gasteiger partial charge in [0.1, 0.15) is 28.8 Å². The lowest BCUT2D eigenvalue weighted by atomic mass is 10.1. The van der Waals surface area contributed by atoms with E-state index in [2.05, 4.69) is 4.99 Å². The predicted octanol–water partition coefficient (Wildman–Crippen LogP) is 7.47. The number of nitrogens with zero attached hydrogens (tertiary/aromatic N) is 1. The second kappa shape index (κ2) is 13.5. The van der Waals surface area contributed by atoms with Crippen molar-refractivity contribution in [3.8, 4) is 11.5 Å². The molecule has 0 atom stereocenters. The molecule has 0 aromatic heterocycles. The number of hydrogen-bond donors (Lipinski definition) is 1. The number of halogens is 2. The standard InChI is InChI=1S/C31H27ClFNO6S/c1-4-38-24-15-19(14-22(32)28(24)40-17-21-8-6-7-9-23(21)33)16-25-27(35)26(31(37)39-5-2)30(41-25)34-29(36)20-12-10-18(3)11-13-20/h6-16,35H,4-5,17H2,1-3H3/b25-16-,34-30?. The molecule has 1 heterocycles. The van der Waals surface area contributed by atoms with Gasteiger partial charge in [0.25, 0.3) is 5.91 Å². The molecule has 0 fully saturated rings. The molecule has 0 saturated heterocycles. The van der Waals surface area contributed by atoms with E-state index in [0.717, 1.165) is 17.3 Å². The Balaban J connectivity index is 1.68. The van der Waals surface area contributed by atoms with Crippen LogP contribution in [0.1, 0.15) is 40.9 Å². The lowest BCUT2D eigenvalue weighted by Crippen LogP contribution is -2.14. The Bertz CT molecular complexity index is 1570. The maximum absolute atomic E-state index is 14.1. The molecular weight excluding hydrogens is 569 g/mol. The van der Waals surface area contributed by atoms with Crippen LogP contribution in [-0.4, -0.2) is 35.2 Å². The van der Waals surface area contributed by atoms with E-state index in [-0.39, 0.29) is 45.3 Å². The number of carbonyl (C=O) groups excluding carboxylic acids is 2. The van der Waals surface area contributed by atoms with Crippen LogP contribution in [-0.2, 0) is 16.1 Å². The van der Waals surface area contributed by atoms with Crippen LogP contribution in [0.25, 0.3) is 6.08 Å². The summed E-state index contributed by atoms with van der Waals surface area (Å²) in [5.41, 5.74) is 1.98. The minimum Gasteiger partial charge on any atom is -0.506 e. The maximum atomic E-state index is 14.1. The minimum atomic E-state index is -0.804. The van der Waals surface area contributed by atoms with Gasteiger partial charge in [-0.1, -0.05) is 59.3 Å². The maximum Gasteiger partial charge on any atom is 0.344 e. The first kappa shape index (κ1) is 29.9. The molecule has 212 valence electrons. The number of benzene rings is 3. The second-order valence-electron chi connectivity index (χ2n) is 8.79. The first-order chi connectivity index (χ1) is 19.7. The van der Waals surface area contributed by atoms with Crippen LogP contribution in [0.15, 0.2) is 81.9 Å². The van der Waals surface area contributed by atoms with Gasteiger partial charge in [-0.3, -0.25) is 4.79 Å². The number of hydrogen-bond acceptors (Lipinski definition) is 7. The van der Waals surface area contributed by atoms with Gasteiger partial charge in [0.05, 0.1) is 23.1 Å². The van der Waals surface area contributed by atoms with E-state index in [1.54, 1.807) is 74.5 Å².